The summed E-state index contributed by atoms with van der Waals surface area (Å²) >= 11 is 6.30. The first-order valence-corrected chi connectivity index (χ1v) is 8.67. The van der Waals surface area contributed by atoms with Gasteiger partial charge in [0.2, 0.25) is 0 Å². The zero-order chi connectivity index (χ0) is 17.1. The van der Waals surface area contributed by atoms with E-state index >= 15 is 0 Å². The molecular formula is C22H18ClNO. The second-order valence-corrected chi connectivity index (χ2v) is 6.41. The van der Waals surface area contributed by atoms with E-state index in [2.05, 4.69) is 41.1 Å². The molecule has 4 rings (SSSR count). The summed E-state index contributed by atoms with van der Waals surface area (Å²) in [5.74, 6) is 0.902. The Morgan fingerprint density at radius 3 is 2.44 bits per heavy atom. The Balaban J connectivity index is 1.61. The molecule has 0 spiro atoms. The second kappa shape index (κ2) is 7.04. The third-order valence-corrected chi connectivity index (χ3v) is 4.68. The fourth-order valence-electron chi connectivity index (χ4n) is 3.00. The monoisotopic (exact) mass is 347 g/mol. The Bertz CT molecular complexity index is 991. The van der Waals surface area contributed by atoms with Gasteiger partial charge in [-0.25, -0.2) is 0 Å². The van der Waals surface area contributed by atoms with Gasteiger partial charge in [-0.2, -0.15) is 0 Å². The Morgan fingerprint density at radius 1 is 0.800 bits per heavy atom. The van der Waals surface area contributed by atoms with E-state index in [4.69, 9.17) is 16.3 Å². The van der Waals surface area contributed by atoms with Crippen molar-refractivity contribution in [3.05, 3.63) is 101 Å². The summed E-state index contributed by atoms with van der Waals surface area (Å²) in [6, 6.07) is 26.4. The summed E-state index contributed by atoms with van der Waals surface area (Å²) in [4.78, 5) is 0. The van der Waals surface area contributed by atoms with Crippen molar-refractivity contribution in [1.82, 2.24) is 4.57 Å². The van der Waals surface area contributed by atoms with Gasteiger partial charge in [-0.05, 0) is 35.4 Å². The van der Waals surface area contributed by atoms with Crippen LogP contribution >= 0.6 is 11.6 Å². The number of hydrogen-bond donors (Lipinski definition) is 0. The molecule has 0 saturated carbocycles. The molecule has 2 nitrogen and oxygen atoms in total. The van der Waals surface area contributed by atoms with Crippen LogP contribution < -0.4 is 4.74 Å². The highest BCUT2D eigenvalue weighted by molar-refractivity contribution is 6.31. The number of aromatic nitrogens is 1. The second-order valence-electron chi connectivity index (χ2n) is 6.00. The van der Waals surface area contributed by atoms with Crippen molar-refractivity contribution >= 4 is 22.5 Å². The predicted octanol–water partition coefficient (Wildman–Crippen LogP) is 5.92. The van der Waals surface area contributed by atoms with Crippen molar-refractivity contribution in [1.29, 1.82) is 0 Å². The average molecular weight is 348 g/mol. The molecule has 3 heteroatoms. The maximum Gasteiger partial charge on any atom is 0.129 e. The molecule has 0 amide bonds. The van der Waals surface area contributed by atoms with E-state index in [0.29, 0.717) is 6.61 Å². The Labute approximate surface area is 152 Å². The van der Waals surface area contributed by atoms with Gasteiger partial charge in [0.25, 0.3) is 0 Å². The van der Waals surface area contributed by atoms with Crippen LogP contribution in [0.5, 0.6) is 5.75 Å². The SMILES string of the molecule is Clc1ccccc1Cn1ccc2c(OCc3ccccc3)cccc21. The van der Waals surface area contributed by atoms with Crippen molar-refractivity contribution < 1.29 is 4.74 Å². The van der Waals surface area contributed by atoms with Crippen LogP contribution in [-0.4, -0.2) is 4.57 Å². The lowest BCUT2D eigenvalue weighted by Crippen LogP contribution is -1.99. The first-order chi connectivity index (χ1) is 12.3. The van der Waals surface area contributed by atoms with Crippen molar-refractivity contribution in [2.24, 2.45) is 0 Å². The third-order valence-electron chi connectivity index (χ3n) is 4.31. The molecular weight excluding hydrogens is 330 g/mol. The number of halogens is 1. The van der Waals surface area contributed by atoms with Gasteiger partial charge in [-0.3, -0.25) is 0 Å². The minimum atomic E-state index is 0.565. The third kappa shape index (κ3) is 3.40. The lowest BCUT2D eigenvalue weighted by Gasteiger charge is -2.10. The van der Waals surface area contributed by atoms with Gasteiger partial charge in [-0.15, -0.1) is 0 Å². The smallest absolute Gasteiger partial charge is 0.129 e. The topological polar surface area (TPSA) is 14.2 Å². The van der Waals surface area contributed by atoms with Gasteiger partial charge >= 0.3 is 0 Å². The molecule has 25 heavy (non-hydrogen) atoms. The fraction of sp³-hybridized carbons (Fsp3) is 0.0909. The van der Waals surface area contributed by atoms with Gasteiger partial charge in [0.1, 0.15) is 12.4 Å². The molecule has 0 unspecified atom stereocenters. The summed E-state index contributed by atoms with van der Waals surface area (Å²) in [5, 5.41) is 1.91. The molecule has 0 aliphatic heterocycles. The van der Waals surface area contributed by atoms with E-state index in [0.717, 1.165) is 39.3 Å². The largest absolute Gasteiger partial charge is 0.488 e. The summed E-state index contributed by atoms with van der Waals surface area (Å²) in [6.45, 7) is 1.31. The molecule has 0 aliphatic rings. The summed E-state index contributed by atoms with van der Waals surface area (Å²) in [7, 11) is 0. The van der Waals surface area contributed by atoms with Crippen LogP contribution in [-0.2, 0) is 13.2 Å². The molecule has 3 aromatic carbocycles. The average Bonchev–Trinajstić information content (AvgIpc) is 3.06. The van der Waals surface area contributed by atoms with Crippen LogP contribution in [0, 0.1) is 0 Å². The highest BCUT2D eigenvalue weighted by atomic mass is 35.5. The Hall–Kier alpha value is -2.71. The Kier molecular flexibility index (Phi) is 4.45. The summed E-state index contributed by atoms with van der Waals surface area (Å²) in [6.07, 6.45) is 2.09. The molecule has 124 valence electrons. The highest BCUT2D eigenvalue weighted by Gasteiger charge is 2.08. The van der Waals surface area contributed by atoms with Crippen LogP contribution in [0.4, 0.5) is 0 Å². The van der Waals surface area contributed by atoms with E-state index in [1.807, 2.05) is 48.5 Å². The van der Waals surface area contributed by atoms with Crippen LogP contribution in [0.2, 0.25) is 5.02 Å². The van der Waals surface area contributed by atoms with E-state index in [-0.39, 0.29) is 0 Å². The van der Waals surface area contributed by atoms with Crippen LogP contribution in [0.15, 0.2) is 85.1 Å². The minimum absolute atomic E-state index is 0.565. The zero-order valence-corrected chi connectivity index (χ0v) is 14.5. The van der Waals surface area contributed by atoms with Crippen molar-refractivity contribution in [3.8, 4) is 5.75 Å². The molecule has 0 bridgehead atoms. The summed E-state index contributed by atoms with van der Waals surface area (Å²) in [5.41, 5.74) is 3.41. The van der Waals surface area contributed by atoms with Gasteiger partial charge < -0.3 is 9.30 Å². The van der Waals surface area contributed by atoms with Crippen LogP contribution in [0.25, 0.3) is 10.9 Å². The Morgan fingerprint density at radius 2 is 1.60 bits per heavy atom. The fourth-order valence-corrected chi connectivity index (χ4v) is 3.20. The predicted molar refractivity (Wildman–Crippen MR) is 103 cm³/mol. The maximum atomic E-state index is 6.30. The van der Waals surface area contributed by atoms with Crippen LogP contribution in [0.1, 0.15) is 11.1 Å². The number of hydrogen-bond acceptors (Lipinski definition) is 1. The standard InChI is InChI=1S/C22H18ClNO/c23-20-10-5-4-9-18(20)15-24-14-13-19-21(24)11-6-12-22(19)25-16-17-7-2-1-3-8-17/h1-14H,15-16H2. The number of fused-ring (bicyclic) bond motifs is 1. The summed E-state index contributed by atoms with van der Waals surface area (Å²) < 4.78 is 8.25. The number of nitrogens with zero attached hydrogens (tertiary/aromatic N) is 1. The van der Waals surface area contributed by atoms with Gasteiger partial charge in [0.15, 0.2) is 0 Å². The van der Waals surface area contributed by atoms with Crippen LogP contribution in [0.3, 0.4) is 0 Å². The van der Waals surface area contributed by atoms with E-state index in [1.165, 1.54) is 0 Å². The highest BCUT2D eigenvalue weighted by Crippen LogP contribution is 2.28. The first kappa shape index (κ1) is 15.8. The minimum Gasteiger partial charge on any atom is -0.488 e. The van der Waals surface area contributed by atoms with E-state index in [9.17, 15) is 0 Å². The number of ether oxygens (including phenoxy) is 1. The number of benzene rings is 3. The number of rotatable bonds is 5. The van der Waals surface area contributed by atoms with E-state index < -0.39 is 0 Å². The first-order valence-electron chi connectivity index (χ1n) is 8.29. The molecule has 0 fully saturated rings. The molecule has 0 atom stereocenters. The van der Waals surface area contributed by atoms with Gasteiger partial charge in [0, 0.05) is 23.2 Å². The van der Waals surface area contributed by atoms with E-state index in [1.54, 1.807) is 0 Å². The maximum absolute atomic E-state index is 6.30. The molecule has 0 radical (unpaired) electrons. The lowest BCUT2D eigenvalue weighted by molar-refractivity contribution is 0.310. The van der Waals surface area contributed by atoms with Crippen molar-refractivity contribution in [2.75, 3.05) is 0 Å². The molecule has 1 aromatic heterocycles. The molecule has 0 saturated heterocycles. The normalized spacial score (nSPS) is 10.9. The molecule has 4 aromatic rings. The van der Waals surface area contributed by atoms with Gasteiger partial charge in [-0.1, -0.05) is 66.2 Å². The molecule has 0 N–H and O–H groups in total. The van der Waals surface area contributed by atoms with Crippen molar-refractivity contribution in [2.45, 2.75) is 13.2 Å². The van der Waals surface area contributed by atoms with Gasteiger partial charge in [0.05, 0.1) is 5.52 Å². The zero-order valence-electron chi connectivity index (χ0n) is 13.7. The molecule has 0 aliphatic carbocycles. The van der Waals surface area contributed by atoms with Crippen molar-refractivity contribution in [3.63, 3.8) is 0 Å². The lowest BCUT2D eigenvalue weighted by atomic mass is 10.2. The quantitative estimate of drug-likeness (QED) is 0.437. The molecule has 1 heterocycles.